The van der Waals surface area contributed by atoms with Crippen LogP contribution in [-0.2, 0) is 6.54 Å². The zero-order valence-electron chi connectivity index (χ0n) is 11.5. The lowest BCUT2D eigenvalue weighted by atomic mass is 9.89. The van der Waals surface area contributed by atoms with Gasteiger partial charge in [0.2, 0.25) is 0 Å². The normalized spacial score (nSPS) is 22.2. The molecule has 2 fully saturated rings. The maximum atomic E-state index is 9.19. The van der Waals surface area contributed by atoms with E-state index >= 15 is 0 Å². The van der Waals surface area contributed by atoms with E-state index in [0.29, 0.717) is 12.6 Å². The Bertz CT molecular complexity index is 385. The Hall–Kier alpha value is -0.900. The van der Waals surface area contributed by atoms with Crippen molar-refractivity contribution in [2.45, 2.75) is 37.9 Å². The van der Waals surface area contributed by atoms with Crippen LogP contribution in [0.15, 0.2) is 30.3 Å². The molecular formula is C16H24N2O. The highest BCUT2D eigenvalue weighted by Crippen LogP contribution is 2.27. The van der Waals surface area contributed by atoms with Crippen molar-refractivity contribution in [3.8, 4) is 0 Å². The number of aliphatic hydroxyl groups is 1. The predicted octanol–water partition coefficient (Wildman–Crippen LogP) is 1.62. The Labute approximate surface area is 115 Å². The molecule has 1 aliphatic carbocycles. The topological polar surface area (TPSA) is 35.5 Å². The van der Waals surface area contributed by atoms with Gasteiger partial charge in [0.1, 0.15) is 0 Å². The van der Waals surface area contributed by atoms with E-state index in [-0.39, 0.29) is 0 Å². The van der Waals surface area contributed by atoms with Gasteiger partial charge < -0.3 is 10.4 Å². The van der Waals surface area contributed by atoms with Crippen LogP contribution in [0.4, 0.5) is 0 Å². The fraction of sp³-hybridized carbons (Fsp3) is 0.625. The lowest BCUT2D eigenvalue weighted by molar-refractivity contribution is 0.0556. The summed E-state index contributed by atoms with van der Waals surface area (Å²) in [5.41, 5.74) is 1.40. The number of nitrogens with zero attached hydrogens (tertiary/aromatic N) is 1. The molecule has 1 atom stereocenters. The second-order valence-electron chi connectivity index (χ2n) is 6.00. The van der Waals surface area contributed by atoms with Gasteiger partial charge in [-0.1, -0.05) is 30.3 Å². The summed E-state index contributed by atoms with van der Waals surface area (Å²) in [6, 6.07) is 11.9. The van der Waals surface area contributed by atoms with Crippen LogP contribution in [0.2, 0.25) is 0 Å². The van der Waals surface area contributed by atoms with Crippen LogP contribution >= 0.6 is 0 Å². The predicted molar refractivity (Wildman–Crippen MR) is 76.9 cm³/mol. The van der Waals surface area contributed by atoms with Crippen LogP contribution < -0.4 is 5.32 Å². The Morgan fingerprint density at radius 2 is 1.95 bits per heavy atom. The maximum absolute atomic E-state index is 9.19. The molecule has 19 heavy (non-hydrogen) atoms. The highest BCUT2D eigenvalue weighted by Gasteiger charge is 2.35. The number of nitrogens with one attached hydrogen (secondary N) is 1. The summed E-state index contributed by atoms with van der Waals surface area (Å²) < 4.78 is 0. The zero-order valence-corrected chi connectivity index (χ0v) is 11.5. The SMILES string of the molecule is OCC[C@@H](NC1CC1)C1CN(Cc2ccccc2)C1. The molecule has 1 aromatic carbocycles. The second-order valence-corrected chi connectivity index (χ2v) is 6.00. The van der Waals surface area contributed by atoms with Gasteiger partial charge in [0, 0.05) is 38.3 Å². The lowest BCUT2D eigenvalue weighted by Crippen LogP contribution is -2.55. The van der Waals surface area contributed by atoms with Crippen molar-refractivity contribution in [3.63, 3.8) is 0 Å². The molecule has 2 aliphatic rings. The Balaban J connectivity index is 1.45. The number of hydrogen-bond donors (Lipinski definition) is 2. The first-order chi connectivity index (χ1) is 9.35. The van der Waals surface area contributed by atoms with Crippen molar-refractivity contribution in [1.29, 1.82) is 0 Å². The van der Waals surface area contributed by atoms with Gasteiger partial charge in [-0.15, -0.1) is 0 Å². The standard InChI is InChI=1S/C16H24N2O/c19-9-8-16(17-15-6-7-15)14-11-18(12-14)10-13-4-2-1-3-5-13/h1-5,14-17,19H,6-12H2/t16-/m1/s1. The fourth-order valence-corrected chi connectivity index (χ4v) is 2.98. The molecule has 0 aromatic heterocycles. The smallest absolute Gasteiger partial charge is 0.0445 e. The minimum Gasteiger partial charge on any atom is -0.396 e. The van der Waals surface area contributed by atoms with Crippen molar-refractivity contribution in [2.75, 3.05) is 19.7 Å². The average Bonchev–Trinajstić information content (AvgIpc) is 3.18. The molecule has 1 saturated heterocycles. The van der Waals surface area contributed by atoms with E-state index in [2.05, 4.69) is 40.5 Å². The Morgan fingerprint density at radius 3 is 2.58 bits per heavy atom. The molecule has 0 unspecified atom stereocenters. The number of likely N-dealkylation sites (tertiary alicyclic amines) is 1. The molecule has 2 N–H and O–H groups in total. The number of hydrogen-bond acceptors (Lipinski definition) is 3. The monoisotopic (exact) mass is 260 g/mol. The van der Waals surface area contributed by atoms with E-state index in [0.717, 1.165) is 24.9 Å². The van der Waals surface area contributed by atoms with E-state index in [1.54, 1.807) is 0 Å². The number of aliphatic hydroxyl groups excluding tert-OH is 1. The van der Waals surface area contributed by atoms with E-state index < -0.39 is 0 Å². The number of benzene rings is 1. The van der Waals surface area contributed by atoms with E-state index in [1.165, 1.54) is 31.5 Å². The van der Waals surface area contributed by atoms with Crippen LogP contribution in [0.3, 0.4) is 0 Å². The summed E-state index contributed by atoms with van der Waals surface area (Å²) in [7, 11) is 0. The molecule has 3 heteroatoms. The Kier molecular flexibility index (Phi) is 4.16. The maximum Gasteiger partial charge on any atom is 0.0445 e. The van der Waals surface area contributed by atoms with Crippen LogP contribution in [0.5, 0.6) is 0 Å². The molecule has 1 aliphatic heterocycles. The fourth-order valence-electron chi connectivity index (χ4n) is 2.98. The van der Waals surface area contributed by atoms with Crippen molar-refractivity contribution in [1.82, 2.24) is 10.2 Å². The molecule has 3 rings (SSSR count). The molecule has 1 saturated carbocycles. The number of rotatable bonds is 7. The van der Waals surface area contributed by atoms with Gasteiger partial charge in [0.05, 0.1) is 0 Å². The van der Waals surface area contributed by atoms with Crippen LogP contribution in [-0.4, -0.2) is 41.8 Å². The first-order valence-electron chi connectivity index (χ1n) is 7.48. The highest BCUT2D eigenvalue weighted by atomic mass is 16.3. The van der Waals surface area contributed by atoms with Crippen LogP contribution in [0, 0.1) is 5.92 Å². The molecule has 0 bridgehead atoms. The van der Waals surface area contributed by atoms with Crippen LogP contribution in [0.1, 0.15) is 24.8 Å². The van der Waals surface area contributed by atoms with Crippen molar-refractivity contribution in [2.24, 2.45) is 5.92 Å². The molecule has 104 valence electrons. The molecule has 0 spiro atoms. The third-order valence-corrected chi connectivity index (χ3v) is 4.27. The molecular weight excluding hydrogens is 236 g/mol. The summed E-state index contributed by atoms with van der Waals surface area (Å²) in [6.07, 6.45) is 3.55. The highest BCUT2D eigenvalue weighted by molar-refractivity contribution is 5.15. The van der Waals surface area contributed by atoms with Crippen LogP contribution in [0.25, 0.3) is 0 Å². The molecule has 0 amide bonds. The first-order valence-corrected chi connectivity index (χ1v) is 7.48. The summed E-state index contributed by atoms with van der Waals surface area (Å²) >= 11 is 0. The largest absolute Gasteiger partial charge is 0.396 e. The summed E-state index contributed by atoms with van der Waals surface area (Å²) in [4.78, 5) is 2.50. The molecule has 3 nitrogen and oxygen atoms in total. The van der Waals surface area contributed by atoms with Gasteiger partial charge in [0.25, 0.3) is 0 Å². The molecule has 1 aromatic rings. The quantitative estimate of drug-likeness (QED) is 0.782. The minimum absolute atomic E-state index is 0.305. The van der Waals surface area contributed by atoms with Gasteiger partial charge in [-0.25, -0.2) is 0 Å². The summed E-state index contributed by atoms with van der Waals surface area (Å²) in [5.74, 6) is 0.719. The van der Waals surface area contributed by atoms with E-state index in [9.17, 15) is 5.11 Å². The van der Waals surface area contributed by atoms with E-state index in [4.69, 9.17) is 0 Å². The van der Waals surface area contributed by atoms with Gasteiger partial charge in [0.15, 0.2) is 0 Å². The average molecular weight is 260 g/mol. The first kappa shape index (κ1) is 13.1. The van der Waals surface area contributed by atoms with Crippen molar-refractivity contribution in [3.05, 3.63) is 35.9 Å². The molecule has 0 radical (unpaired) electrons. The van der Waals surface area contributed by atoms with Gasteiger partial charge >= 0.3 is 0 Å². The van der Waals surface area contributed by atoms with E-state index in [1.807, 2.05) is 0 Å². The van der Waals surface area contributed by atoms with Crippen molar-refractivity contribution >= 4 is 0 Å². The third kappa shape index (κ3) is 3.56. The summed E-state index contributed by atoms with van der Waals surface area (Å²) in [5, 5.41) is 12.9. The minimum atomic E-state index is 0.305. The van der Waals surface area contributed by atoms with Gasteiger partial charge in [-0.3, -0.25) is 4.90 Å². The third-order valence-electron chi connectivity index (χ3n) is 4.27. The van der Waals surface area contributed by atoms with Crippen molar-refractivity contribution < 1.29 is 5.11 Å². The lowest BCUT2D eigenvalue weighted by Gasteiger charge is -2.44. The summed E-state index contributed by atoms with van der Waals surface area (Å²) in [6.45, 7) is 3.70. The zero-order chi connectivity index (χ0) is 13.1. The Morgan fingerprint density at radius 1 is 1.21 bits per heavy atom. The van der Waals surface area contributed by atoms with Gasteiger partial charge in [-0.05, 0) is 30.7 Å². The molecule has 1 heterocycles. The van der Waals surface area contributed by atoms with Gasteiger partial charge in [-0.2, -0.15) is 0 Å². The second kappa shape index (κ2) is 6.04.